The Morgan fingerprint density at radius 1 is 1.47 bits per heavy atom. The Labute approximate surface area is 104 Å². The highest BCUT2D eigenvalue weighted by Crippen LogP contribution is 2.45. The van der Waals surface area contributed by atoms with Crippen LogP contribution < -0.4 is 0 Å². The zero-order valence-electron chi connectivity index (χ0n) is 11.3. The molecule has 0 N–H and O–H groups in total. The molecule has 0 aromatic rings. The SMILES string of the molecule is CC(C)=C1C[C@H]2O[C@@]2(C)CC/C=C(/C)CC1=O. The Balaban J connectivity index is 2.25. The van der Waals surface area contributed by atoms with Gasteiger partial charge in [0.1, 0.15) is 0 Å². The van der Waals surface area contributed by atoms with Crippen molar-refractivity contribution in [2.75, 3.05) is 0 Å². The maximum absolute atomic E-state index is 12.2. The number of fused-ring (bicyclic) bond motifs is 1. The maximum Gasteiger partial charge on any atom is 0.162 e. The first-order chi connectivity index (χ1) is 7.92. The van der Waals surface area contributed by atoms with Gasteiger partial charge in [-0.1, -0.05) is 17.2 Å². The van der Waals surface area contributed by atoms with Gasteiger partial charge < -0.3 is 4.74 Å². The number of allylic oxidation sites excluding steroid dienone is 3. The summed E-state index contributed by atoms with van der Waals surface area (Å²) in [6.07, 6.45) is 5.91. The Hall–Kier alpha value is -0.890. The van der Waals surface area contributed by atoms with Crippen LogP contribution >= 0.6 is 0 Å². The van der Waals surface area contributed by atoms with Crippen molar-refractivity contribution in [1.82, 2.24) is 0 Å². The molecule has 0 spiro atoms. The van der Waals surface area contributed by atoms with Gasteiger partial charge >= 0.3 is 0 Å². The lowest BCUT2D eigenvalue weighted by atomic mass is 9.89. The lowest BCUT2D eigenvalue weighted by molar-refractivity contribution is -0.115. The van der Waals surface area contributed by atoms with Crippen LogP contribution in [0.15, 0.2) is 22.8 Å². The summed E-state index contributed by atoms with van der Waals surface area (Å²) in [7, 11) is 0. The average molecular weight is 234 g/mol. The number of ether oxygens (including phenoxy) is 1. The molecule has 0 saturated carbocycles. The Morgan fingerprint density at radius 3 is 2.82 bits per heavy atom. The van der Waals surface area contributed by atoms with Gasteiger partial charge in [0, 0.05) is 12.8 Å². The molecule has 0 bridgehead atoms. The minimum absolute atomic E-state index is 0.00903. The van der Waals surface area contributed by atoms with Crippen molar-refractivity contribution in [2.45, 2.75) is 65.1 Å². The first-order valence-corrected chi connectivity index (χ1v) is 6.45. The van der Waals surface area contributed by atoms with Crippen LogP contribution in [0.1, 0.15) is 53.4 Å². The molecule has 1 saturated heterocycles. The minimum Gasteiger partial charge on any atom is -0.366 e. The molecule has 2 heteroatoms. The summed E-state index contributed by atoms with van der Waals surface area (Å²) in [5.74, 6) is 0.276. The van der Waals surface area contributed by atoms with Gasteiger partial charge in [-0.15, -0.1) is 0 Å². The van der Waals surface area contributed by atoms with E-state index in [2.05, 4.69) is 19.9 Å². The molecular formula is C15H22O2. The lowest BCUT2D eigenvalue weighted by Crippen LogP contribution is -2.15. The highest BCUT2D eigenvalue weighted by atomic mass is 16.6. The summed E-state index contributed by atoms with van der Waals surface area (Å²) in [6.45, 7) is 8.26. The topological polar surface area (TPSA) is 29.6 Å². The zero-order chi connectivity index (χ0) is 12.6. The smallest absolute Gasteiger partial charge is 0.162 e. The van der Waals surface area contributed by atoms with Gasteiger partial charge in [0.15, 0.2) is 5.78 Å². The molecule has 1 heterocycles. The predicted octanol–water partition coefficient (Wildman–Crippen LogP) is 3.57. The van der Waals surface area contributed by atoms with Gasteiger partial charge in [0.25, 0.3) is 0 Å². The minimum atomic E-state index is 0.00903. The van der Waals surface area contributed by atoms with Crippen LogP contribution in [-0.4, -0.2) is 17.5 Å². The Bertz CT molecular complexity index is 399. The molecule has 0 aromatic carbocycles. The second kappa shape index (κ2) is 4.41. The van der Waals surface area contributed by atoms with Gasteiger partial charge in [0.05, 0.1) is 11.7 Å². The molecule has 2 nitrogen and oxygen atoms in total. The normalized spacial score (nSPS) is 36.9. The zero-order valence-corrected chi connectivity index (χ0v) is 11.3. The molecule has 17 heavy (non-hydrogen) atoms. The standard InChI is InChI=1S/C15H22O2/c1-10(2)12-9-14-15(4,17-14)7-5-6-11(3)8-13(12)16/h6,14H,5,7-9H2,1-4H3/b11-6-/t14-,15+/m1/s1. The molecule has 2 atom stereocenters. The van der Waals surface area contributed by atoms with Gasteiger partial charge in [-0.2, -0.15) is 0 Å². The molecule has 2 aliphatic rings. The van der Waals surface area contributed by atoms with Crippen LogP contribution in [0.3, 0.4) is 0 Å². The number of rotatable bonds is 0. The number of hydrogen-bond acceptors (Lipinski definition) is 2. The van der Waals surface area contributed by atoms with E-state index in [0.29, 0.717) is 6.42 Å². The van der Waals surface area contributed by atoms with Crippen LogP contribution in [0.25, 0.3) is 0 Å². The summed E-state index contributed by atoms with van der Waals surface area (Å²) < 4.78 is 5.78. The predicted molar refractivity (Wildman–Crippen MR) is 68.9 cm³/mol. The van der Waals surface area contributed by atoms with Gasteiger partial charge in [-0.25, -0.2) is 0 Å². The fourth-order valence-corrected chi connectivity index (χ4v) is 2.59. The van der Waals surface area contributed by atoms with Crippen molar-refractivity contribution >= 4 is 5.78 Å². The first kappa shape index (κ1) is 12.6. The Kier molecular flexibility index (Phi) is 3.26. The molecule has 0 unspecified atom stereocenters. The average Bonchev–Trinajstić information content (AvgIpc) is 2.84. The van der Waals surface area contributed by atoms with E-state index >= 15 is 0 Å². The number of carbonyl (C=O) groups is 1. The number of carbonyl (C=O) groups excluding carboxylic acids is 1. The molecule has 2 rings (SSSR count). The number of Topliss-reactive ketones (excluding diaryl/α,β-unsaturated/α-hetero) is 1. The molecule has 0 amide bonds. The largest absolute Gasteiger partial charge is 0.366 e. The van der Waals surface area contributed by atoms with E-state index in [1.54, 1.807) is 0 Å². The van der Waals surface area contributed by atoms with Crippen molar-refractivity contribution < 1.29 is 9.53 Å². The molecule has 1 fully saturated rings. The quantitative estimate of drug-likeness (QED) is 0.364. The first-order valence-electron chi connectivity index (χ1n) is 6.45. The fourth-order valence-electron chi connectivity index (χ4n) is 2.59. The highest BCUT2D eigenvalue weighted by Gasteiger charge is 2.51. The van der Waals surface area contributed by atoms with E-state index in [1.165, 1.54) is 5.57 Å². The summed E-state index contributed by atoms with van der Waals surface area (Å²) in [5, 5.41) is 0. The number of hydrogen-bond donors (Lipinski definition) is 0. The van der Waals surface area contributed by atoms with Crippen molar-refractivity contribution in [1.29, 1.82) is 0 Å². The third-order valence-electron chi connectivity index (χ3n) is 3.94. The third-order valence-corrected chi connectivity index (χ3v) is 3.94. The van der Waals surface area contributed by atoms with E-state index < -0.39 is 0 Å². The van der Waals surface area contributed by atoms with E-state index in [9.17, 15) is 4.79 Å². The molecule has 0 radical (unpaired) electrons. The van der Waals surface area contributed by atoms with Crippen molar-refractivity contribution in [2.24, 2.45) is 0 Å². The van der Waals surface area contributed by atoms with Gasteiger partial charge in [-0.05, 0) is 46.1 Å². The van der Waals surface area contributed by atoms with E-state index in [4.69, 9.17) is 4.74 Å². The lowest BCUT2D eigenvalue weighted by Gasteiger charge is -2.12. The van der Waals surface area contributed by atoms with Crippen LogP contribution in [-0.2, 0) is 9.53 Å². The monoisotopic (exact) mass is 234 g/mol. The summed E-state index contributed by atoms with van der Waals surface area (Å²) >= 11 is 0. The molecule has 94 valence electrons. The maximum atomic E-state index is 12.2. The van der Waals surface area contributed by atoms with Crippen LogP contribution in [0.5, 0.6) is 0 Å². The highest BCUT2D eigenvalue weighted by molar-refractivity contribution is 5.97. The summed E-state index contributed by atoms with van der Waals surface area (Å²) in [6, 6.07) is 0. The van der Waals surface area contributed by atoms with Crippen LogP contribution in [0, 0.1) is 0 Å². The third kappa shape index (κ3) is 2.68. The summed E-state index contributed by atoms with van der Waals surface area (Å²) in [5.41, 5.74) is 3.32. The second-order valence-corrected chi connectivity index (χ2v) is 5.79. The van der Waals surface area contributed by atoms with E-state index in [0.717, 1.165) is 30.4 Å². The van der Waals surface area contributed by atoms with Crippen LogP contribution in [0.4, 0.5) is 0 Å². The molecule has 1 aliphatic heterocycles. The van der Waals surface area contributed by atoms with Gasteiger partial charge in [0.2, 0.25) is 0 Å². The van der Waals surface area contributed by atoms with E-state index in [-0.39, 0.29) is 17.5 Å². The fraction of sp³-hybridized carbons (Fsp3) is 0.667. The van der Waals surface area contributed by atoms with E-state index in [1.807, 2.05) is 13.8 Å². The van der Waals surface area contributed by atoms with Gasteiger partial charge in [-0.3, -0.25) is 4.79 Å². The Morgan fingerprint density at radius 2 is 2.18 bits per heavy atom. The van der Waals surface area contributed by atoms with Crippen molar-refractivity contribution in [3.05, 3.63) is 22.8 Å². The molecule has 0 aromatic heterocycles. The van der Waals surface area contributed by atoms with Crippen molar-refractivity contribution in [3.8, 4) is 0 Å². The summed E-state index contributed by atoms with van der Waals surface area (Å²) in [4.78, 5) is 12.2. The number of ketones is 1. The number of epoxide rings is 1. The molecule has 1 aliphatic carbocycles. The second-order valence-electron chi connectivity index (χ2n) is 5.79. The van der Waals surface area contributed by atoms with Crippen molar-refractivity contribution in [3.63, 3.8) is 0 Å². The molecular weight excluding hydrogens is 212 g/mol. The van der Waals surface area contributed by atoms with Crippen LogP contribution in [0.2, 0.25) is 0 Å².